The number of hydrogen-bond acceptors (Lipinski definition) is 10. The second-order valence-corrected chi connectivity index (χ2v) is 26.4. The van der Waals surface area contributed by atoms with E-state index in [1.165, 1.54) is 29.4 Å². The van der Waals surface area contributed by atoms with Crippen molar-refractivity contribution in [3.05, 3.63) is 117 Å². The lowest BCUT2D eigenvalue weighted by molar-refractivity contribution is -0.230. The summed E-state index contributed by atoms with van der Waals surface area (Å²) in [6.07, 6.45) is 11.2. The van der Waals surface area contributed by atoms with E-state index in [0.717, 1.165) is 46.5 Å². The molecule has 420 valence electrons. The first-order valence-electron chi connectivity index (χ1n) is 28.8. The Labute approximate surface area is 458 Å². The van der Waals surface area contributed by atoms with Gasteiger partial charge in [0.05, 0.1) is 42.9 Å². The van der Waals surface area contributed by atoms with Crippen LogP contribution in [0.5, 0.6) is 0 Å². The van der Waals surface area contributed by atoms with Gasteiger partial charge in [0.1, 0.15) is 35.8 Å². The minimum atomic E-state index is -1.90. The molecule has 6 fully saturated rings. The molecule has 14 heteroatoms. The summed E-state index contributed by atoms with van der Waals surface area (Å²) < 4.78 is 45.6. The van der Waals surface area contributed by atoms with Crippen LogP contribution in [0.3, 0.4) is 0 Å². The number of allylic oxidation sites excluding steroid dienone is 2. The number of carbonyl (C=O) groups excluding carboxylic acids is 2. The summed E-state index contributed by atoms with van der Waals surface area (Å²) in [6, 6.07) is 16.9. The minimum absolute atomic E-state index is 0.0139. The van der Waals surface area contributed by atoms with Crippen molar-refractivity contribution in [2.45, 2.75) is 174 Å². The van der Waals surface area contributed by atoms with Gasteiger partial charge in [0.15, 0.2) is 11.6 Å². The molecule has 0 aliphatic heterocycles. The third kappa shape index (κ3) is 7.33. The van der Waals surface area contributed by atoms with Gasteiger partial charge in [-0.1, -0.05) is 114 Å². The fraction of sp³-hybridized carbons (Fsp3) is 0.625. The second kappa shape index (κ2) is 18.9. The first-order chi connectivity index (χ1) is 36.9. The molecule has 8 aliphatic carbocycles. The molecule has 0 radical (unpaired) electrons. The Bertz CT molecular complexity index is 3110. The molecule has 4 aromatic rings. The van der Waals surface area contributed by atoms with E-state index in [9.17, 15) is 35.1 Å². The Kier molecular flexibility index (Phi) is 13.4. The number of aliphatic hydroxyl groups is 5. The Morgan fingerprint density at radius 2 is 1.31 bits per heavy atom. The van der Waals surface area contributed by atoms with Gasteiger partial charge in [0.25, 0.3) is 0 Å². The molecule has 12 nitrogen and oxygen atoms in total. The molecule has 2 aromatic heterocycles. The lowest BCUT2D eigenvalue weighted by Crippen LogP contribution is -2.70. The number of carbonyl (C=O) groups is 2. The van der Waals surface area contributed by atoms with Gasteiger partial charge in [0.2, 0.25) is 0 Å². The van der Waals surface area contributed by atoms with Gasteiger partial charge in [-0.3, -0.25) is 19.0 Å². The van der Waals surface area contributed by atoms with Crippen LogP contribution >= 0.6 is 0 Å². The predicted molar refractivity (Wildman–Crippen MR) is 293 cm³/mol. The summed E-state index contributed by atoms with van der Waals surface area (Å²) in [5, 5.41) is 64.2. The Hall–Kier alpha value is -4.70. The highest BCUT2D eigenvalue weighted by Crippen LogP contribution is 2.73. The molecule has 16 atom stereocenters. The largest absolute Gasteiger partial charge is 0.390 e. The number of ether oxygens (including phenoxy) is 1. The predicted octanol–water partition coefficient (Wildman–Crippen LogP) is 8.95. The molecular weight excluding hydrogens is 991 g/mol. The number of Topliss-reactive ketones (excluding diaryl/α,β-unsaturated/α-hetero) is 2. The topological polar surface area (TPSA) is 180 Å². The molecule has 5 N–H and O–H groups in total. The number of halogens is 2. The zero-order chi connectivity index (χ0) is 55.9. The highest BCUT2D eigenvalue weighted by molar-refractivity contribution is 5.91. The quantitative estimate of drug-likeness (QED) is 0.103. The molecule has 0 amide bonds. The summed E-state index contributed by atoms with van der Waals surface area (Å²) in [4.78, 5) is 26.1. The monoisotopic (exact) mass is 1070 g/mol. The van der Waals surface area contributed by atoms with Crippen LogP contribution in [0.1, 0.15) is 145 Å². The highest BCUT2D eigenvalue weighted by Gasteiger charge is 2.78. The van der Waals surface area contributed by atoms with Crippen molar-refractivity contribution in [1.29, 1.82) is 0 Å². The number of benzene rings is 2. The number of aliphatic hydroxyl groups excluding tert-OH is 4. The minimum Gasteiger partial charge on any atom is -0.390 e. The summed E-state index contributed by atoms with van der Waals surface area (Å²) in [6.45, 7) is 15.6. The fourth-order valence-corrected chi connectivity index (χ4v) is 19.2. The lowest BCUT2D eigenvalue weighted by Gasteiger charge is -2.63. The van der Waals surface area contributed by atoms with E-state index in [2.05, 4.69) is 68.5 Å². The lowest BCUT2D eigenvalue weighted by atomic mass is 9.43. The molecular formula is C64H82F2N4O8. The fourth-order valence-electron chi connectivity index (χ4n) is 19.2. The number of fused-ring (bicyclic) bond motifs is 12. The van der Waals surface area contributed by atoms with Gasteiger partial charge < -0.3 is 30.3 Å². The van der Waals surface area contributed by atoms with E-state index in [4.69, 9.17) is 14.9 Å². The van der Waals surface area contributed by atoms with Crippen LogP contribution in [0.2, 0.25) is 0 Å². The number of rotatable bonds is 10. The van der Waals surface area contributed by atoms with Gasteiger partial charge in [-0.25, -0.2) is 8.78 Å². The van der Waals surface area contributed by atoms with Crippen LogP contribution in [0.25, 0.3) is 12.2 Å². The van der Waals surface area contributed by atoms with E-state index in [1.54, 1.807) is 0 Å². The smallest absolute Gasteiger partial charge is 0.190 e. The Morgan fingerprint density at radius 1 is 0.744 bits per heavy atom. The zero-order valence-electron chi connectivity index (χ0n) is 47.2. The van der Waals surface area contributed by atoms with Crippen LogP contribution in [0.15, 0.2) is 72.1 Å². The third-order valence-electron chi connectivity index (χ3n) is 22.9. The van der Waals surface area contributed by atoms with E-state index in [-0.39, 0.29) is 36.4 Å². The average Bonchev–Trinajstić information content (AvgIpc) is 2.79. The van der Waals surface area contributed by atoms with Crippen molar-refractivity contribution < 1.29 is 48.6 Å². The number of nitrogens with zero attached hydrogens (tertiary/aromatic N) is 4. The van der Waals surface area contributed by atoms with E-state index >= 15 is 8.78 Å². The molecule has 12 rings (SSSR count). The van der Waals surface area contributed by atoms with Gasteiger partial charge in [-0.05, 0) is 141 Å². The normalized spacial score (nSPS) is 40.8. The molecule has 6 saturated carbocycles. The van der Waals surface area contributed by atoms with E-state index in [1.807, 2.05) is 69.4 Å². The molecule has 8 aliphatic rings. The number of aromatic nitrogens is 4. The molecule has 0 spiro atoms. The van der Waals surface area contributed by atoms with Gasteiger partial charge in [-0.2, -0.15) is 10.2 Å². The van der Waals surface area contributed by atoms with Crippen LogP contribution in [-0.2, 0) is 46.7 Å². The maximum atomic E-state index is 17.9. The Balaban J connectivity index is 0.000000165. The molecule has 78 heavy (non-hydrogen) atoms. The molecule has 0 saturated heterocycles. The molecule has 0 bridgehead atoms. The van der Waals surface area contributed by atoms with Gasteiger partial charge >= 0.3 is 0 Å². The van der Waals surface area contributed by atoms with Crippen LogP contribution in [-0.4, -0.2) is 112 Å². The van der Waals surface area contributed by atoms with Crippen molar-refractivity contribution in [2.75, 3.05) is 20.3 Å². The van der Waals surface area contributed by atoms with E-state index in [0.29, 0.717) is 58.0 Å². The zero-order valence-corrected chi connectivity index (χ0v) is 47.2. The SMILES string of the molecule is CCc1cccc(Cn2cc3c(n2)C=C2CC[C@H]4[C@@H]5C[C@@H](C)[C@](O)(C(=O)CO)[C@@]5(C)C[C@H](O)[C@]4(F)[C@@]2(C)C3)c1.CO[C@]1(C(=O)CO)[C@H](C)C[C@H]2[C@@H]3CCC4=Cc5c(cnn5Cc5cccc(C)c5)C[C@]4(C)[C@@]3(F)[C@@H](O)C[C@@]21C. The van der Waals surface area contributed by atoms with Gasteiger partial charge in [0, 0.05) is 46.8 Å². The van der Waals surface area contributed by atoms with Crippen LogP contribution in [0.4, 0.5) is 8.78 Å². The number of ketones is 2. The maximum Gasteiger partial charge on any atom is 0.190 e. The van der Waals surface area contributed by atoms with Gasteiger partial charge in [-0.15, -0.1) is 0 Å². The Morgan fingerprint density at radius 3 is 1.92 bits per heavy atom. The number of aryl methyl sites for hydroxylation is 2. The average molecular weight is 1070 g/mol. The van der Waals surface area contributed by atoms with Crippen molar-refractivity contribution in [1.82, 2.24) is 19.6 Å². The van der Waals surface area contributed by atoms with Crippen molar-refractivity contribution in [3.8, 4) is 0 Å². The van der Waals surface area contributed by atoms with Crippen molar-refractivity contribution in [2.24, 2.45) is 57.2 Å². The third-order valence-corrected chi connectivity index (χ3v) is 22.9. The summed E-state index contributed by atoms with van der Waals surface area (Å²) in [7, 11) is 1.52. The maximum absolute atomic E-state index is 17.9. The first-order valence-corrected chi connectivity index (χ1v) is 28.8. The first kappa shape index (κ1) is 55.2. The van der Waals surface area contributed by atoms with Crippen LogP contribution < -0.4 is 0 Å². The molecule has 2 heterocycles. The second-order valence-electron chi connectivity index (χ2n) is 26.4. The number of methoxy groups -OCH3 is 1. The van der Waals surface area contributed by atoms with Crippen molar-refractivity contribution >= 4 is 23.7 Å². The summed E-state index contributed by atoms with van der Waals surface area (Å²) >= 11 is 0. The standard InChI is InChI=1S/2C32H41FN2O4/c1-19-7-6-8-21(11-19)17-35-26-13-23-9-10-24-25-12-20(2)32(39-5,28(38)18-36)30(25,4)15-27(37)31(24,33)29(23,3)14-22(26)16-34-35;1-5-20-7-6-8-21(12-20)16-35-17-22-14-29(3)23(13-26(22)34-35)9-10-24-25-11-19(2)32(39,28(38)18-36)30(25,4)15-27(37)31(24,29)33/h6-8,11,13,16,20,24-25,27,36-37H,9-10,12,14-15,17-18H2,1-5H3;6-8,12-13,17,19,24-25,27,36-37,39H,5,9-11,14-16,18H2,1-4H3/t20-,24+,25+,27+,29+,30+,31+,32+;19-,24+,25+,27+,29+,30+,31+,32+/m11/s1. The van der Waals surface area contributed by atoms with Crippen molar-refractivity contribution in [3.63, 3.8) is 0 Å². The molecule has 0 unspecified atom stereocenters. The van der Waals surface area contributed by atoms with E-state index < -0.39 is 93.2 Å². The number of hydrogen-bond donors (Lipinski definition) is 5. The number of alkyl halides is 2. The van der Waals surface area contributed by atoms with Crippen LogP contribution in [0, 0.1) is 64.1 Å². The summed E-state index contributed by atoms with van der Waals surface area (Å²) in [5.41, 5.74) is 0.461. The highest BCUT2D eigenvalue weighted by atomic mass is 19.1. The summed E-state index contributed by atoms with van der Waals surface area (Å²) in [5.74, 6) is -2.92. The molecule has 2 aromatic carbocycles.